The summed E-state index contributed by atoms with van der Waals surface area (Å²) in [5.41, 5.74) is 1.28. The van der Waals surface area contributed by atoms with Crippen LogP contribution in [0.2, 0.25) is 0 Å². The van der Waals surface area contributed by atoms with Crippen LogP contribution in [0.5, 0.6) is 0 Å². The Morgan fingerprint density at radius 2 is 1.95 bits per heavy atom. The Kier molecular flexibility index (Phi) is 3.00. The van der Waals surface area contributed by atoms with E-state index >= 15 is 0 Å². The molecule has 1 aromatic carbocycles. The van der Waals surface area contributed by atoms with Crippen molar-refractivity contribution in [3.63, 3.8) is 0 Å². The van der Waals surface area contributed by atoms with Crippen LogP contribution in [-0.2, 0) is 0 Å². The molecule has 2 aromatic rings. The van der Waals surface area contributed by atoms with Gasteiger partial charge in [0, 0.05) is 17.3 Å². The molecule has 0 saturated carbocycles. The number of fused-ring (bicyclic) bond motifs is 1. The van der Waals surface area contributed by atoms with Gasteiger partial charge in [0.25, 0.3) is 0 Å². The van der Waals surface area contributed by atoms with Crippen LogP contribution in [0.15, 0.2) is 30.5 Å². The predicted octanol–water partition coefficient (Wildman–Crippen LogP) is 2.43. The first-order valence-corrected chi connectivity index (χ1v) is 6.21. The zero-order valence-corrected chi connectivity index (χ0v) is 10.5. The minimum Gasteiger partial charge on any atom is -0.478 e. The SMILES string of the molecule is O=C(O)c1ccnc2ccc(N3C[C@@H](F)[C@H](F)C3)cc12. The molecule has 0 bridgehead atoms. The Labute approximate surface area is 113 Å². The molecule has 1 fully saturated rings. The van der Waals surface area contributed by atoms with Crippen LogP contribution in [0.1, 0.15) is 10.4 Å². The van der Waals surface area contributed by atoms with E-state index in [1.807, 2.05) is 0 Å². The van der Waals surface area contributed by atoms with Crippen molar-refractivity contribution in [1.82, 2.24) is 4.98 Å². The van der Waals surface area contributed by atoms with Gasteiger partial charge in [-0.25, -0.2) is 13.6 Å². The van der Waals surface area contributed by atoms with E-state index in [1.165, 1.54) is 12.3 Å². The number of aromatic nitrogens is 1. The molecule has 2 atom stereocenters. The maximum Gasteiger partial charge on any atom is 0.336 e. The van der Waals surface area contributed by atoms with Gasteiger partial charge in [0.2, 0.25) is 0 Å². The molecular formula is C14H12F2N2O2. The minimum atomic E-state index is -1.50. The summed E-state index contributed by atoms with van der Waals surface area (Å²) >= 11 is 0. The van der Waals surface area contributed by atoms with Crippen molar-refractivity contribution in [3.8, 4) is 0 Å². The first-order chi connectivity index (χ1) is 9.56. The maximum atomic E-state index is 13.3. The highest BCUT2D eigenvalue weighted by Gasteiger charge is 2.33. The van der Waals surface area contributed by atoms with Gasteiger partial charge in [0.05, 0.1) is 24.2 Å². The Balaban J connectivity index is 2.06. The third-order valence-electron chi connectivity index (χ3n) is 3.50. The summed E-state index contributed by atoms with van der Waals surface area (Å²) in [6.45, 7) is -0.0370. The van der Waals surface area contributed by atoms with Crippen LogP contribution in [0.4, 0.5) is 14.5 Å². The number of carboxylic acid groups (broad SMARTS) is 1. The predicted molar refractivity (Wildman–Crippen MR) is 70.7 cm³/mol. The Bertz CT molecular complexity index is 667. The quantitative estimate of drug-likeness (QED) is 0.916. The molecule has 1 aliphatic rings. The molecule has 20 heavy (non-hydrogen) atoms. The van der Waals surface area contributed by atoms with Gasteiger partial charge in [-0.2, -0.15) is 0 Å². The highest BCUT2D eigenvalue weighted by atomic mass is 19.2. The van der Waals surface area contributed by atoms with Crippen molar-refractivity contribution in [2.24, 2.45) is 0 Å². The monoisotopic (exact) mass is 278 g/mol. The molecule has 6 heteroatoms. The second-order valence-corrected chi connectivity index (χ2v) is 4.80. The summed E-state index contributed by atoms with van der Waals surface area (Å²) in [6.07, 6.45) is -1.58. The van der Waals surface area contributed by atoms with E-state index in [1.54, 1.807) is 23.1 Å². The van der Waals surface area contributed by atoms with E-state index in [0.717, 1.165) is 0 Å². The Morgan fingerprint density at radius 3 is 2.60 bits per heavy atom. The summed E-state index contributed by atoms with van der Waals surface area (Å²) < 4.78 is 26.5. The summed E-state index contributed by atoms with van der Waals surface area (Å²) in [6, 6.07) is 6.40. The first-order valence-electron chi connectivity index (χ1n) is 6.21. The molecule has 0 unspecified atom stereocenters. The fourth-order valence-corrected chi connectivity index (χ4v) is 2.45. The lowest BCUT2D eigenvalue weighted by Gasteiger charge is -2.18. The minimum absolute atomic E-state index is 0.0185. The largest absolute Gasteiger partial charge is 0.478 e. The molecular weight excluding hydrogens is 266 g/mol. The van der Waals surface area contributed by atoms with Gasteiger partial charge in [-0.3, -0.25) is 4.98 Å². The van der Waals surface area contributed by atoms with Gasteiger partial charge in [-0.05, 0) is 24.3 Å². The smallest absolute Gasteiger partial charge is 0.336 e. The van der Waals surface area contributed by atoms with E-state index in [9.17, 15) is 13.6 Å². The topological polar surface area (TPSA) is 53.4 Å². The summed E-state index contributed by atoms with van der Waals surface area (Å²) in [7, 11) is 0. The molecule has 1 N–H and O–H groups in total. The number of pyridine rings is 1. The number of alkyl halides is 2. The molecule has 104 valence electrons. The number of hydrogen-bond acceptors (Lipinski definition) is 3. The molecule has 0 radical (unpaired) electrons. The zero-order chi connectivity index (χ0) is 14.3. The van der Waals surface area contributed by atoms with Gasteiger partial charge >= 0.3 is 5.97 Å². The lowest BCUT2D eigenvalue weighted by molar-refractivity contribution is 0.0699. The lowest BCUT2D eigenvalue weighted by Crippen LogP contribution is -2.20. The van der Waals surface area contributed by atoms with Gasteiger partial charge in [0.1, 0.15) is 0 Å². The molecule has 4 nitrogen and oxygen atoms in total. The summed E-state index contributed by atoms with van der Waals surface area (Å²) in [4.78, 5) is 16.9. The Morgan fingerprint density at radius 1 is 1.25 bits per heavy atom. The van der Waals surface area contributed by atoms with Crippen molar-refractivity contribution in [1.29, 1.82) is 0 Å². The maximum absolute atomic E-state index is 13.3. The Hall–Kier alpha value is -2.24. The van der Waals surface area contributed by atoms with Crippen molar-refractivity contribution in [2.75, 3.05) is 18.0 Å². The van der Waals surface area contributed by atoms with E-state index in [4.69, 9.17) is 5.11 Å². The number of nitrogens with zero attached hydrogens (tertiary/aromatic N) is 2. The summed E-state index contributed by atoms with van der Waals surface area (Å²) in [5.74, 6) is -1.05. The van der Waals surface area contributed by atoms with Crippen LogP contribution >= 0.6 is 0 Å². The van der Waals surface area contributed by atoms with Crippen LogP contribution in [-0.4, -0.2) is 41.5 Å². The number of aromatic carboxylic acids is 1. The zero-order valence-electron chi connectivity index (χ0n) is 10.5. The van der Waals surface area contributed by atoms with Gasteiger partial charge < -0.3 is 10.0 Å². The summed E-state index contributed by atoms with van der Waals surface area (Å²) in [5, 5.41) is 9.63. The van der Waals surface area contributed by atoms with Gasteiger partial charge in [-0.1, -0.05) is 0 Å². The molecule has 0 amide bonds. The number of hydrogen-bond donors (Lipinski definition) is 1. The van der Waals surface area contributed by atoms with Crippen molar-refractivity contribution >= 4 is 22.6 Å². The van der Waals surface area contributed by atoms with Gasteiger partial charge in [-0.15, -0.1) is 0 Å². The molecule has 0 spiro atoms. The van der Waals surface area contributed by atoms with Crippen molar-refractivity contribution < 1.29 is 18.7 Å². The van der Waals surface area contributed by atoms with E-state index in [2.05, 4.69) is 4.98 Å². The average Bonchev–Trinajstić information content (AvgIpc) is 2.77. The number of benzene rings is 1. The highest BCUT2D eigenvalue weighted by molar-refractivity contribution is 6.03. The number of carboxylic acids is 1. The number of anilines is 1. The van der Waals surface area contributed by atoms with Crippen molar-refractivity contribution in [3.05, 3.63) is 36.0 Å². The first kappa shape index (κ1) is 12.8. The normalized spacial score (nSPS) is 22.4. The average molecular weight is 278 g/mol. The number of halogens is 2. The van der Waals surface area contributed by atoms with Crippen molar-refractivity contribution in [2.45, 2.75) is 12.3 Å². The molecule has 1 aromatic heterocycles. The van der Waals surface area contributed by atoms with Crippen LogP contribution in [0, 0.1) is 0 Å². The van der Waals surface area contributed by atoms with E-state index < -0.39 is 18.3 Å². The standard InChI is InChI=1S/C14H12F2N2O2/c15-11-6-18(7-12(11)16)8-1-2-13-10(5-8)9(14(19)20)3-4-17-13/h1-5,11-12H,6-7H2,(H,19,20)/t11-,12-/m1/s1. The highest BCUT2D eigenvalue weighted by Crippen LogP contribution is 2.28. The molecule has 0 aliphatic carbocycles. The van der Waals surface area contributed by atoms with Gasteiger partial charge in [0.15, 0.2) is 12.3 Å². The van der Waals surface area contributed by atoms with Crippen LogP contribution < -0.4 is 4.90 Å². The lowest BCUT2D eigenvalue weighted by atomic mass is 10.1. The number of carbonyl (C=O) groups is 1. The second-order valence-electron chi connectivity index (χ2n) is 4.80. The molecule has 3 rings (SSSR count). The number of rotatable bonds is 2. The molecule has 1 saturated heterocycles. The van der Waals surface area contributed by atoms with Crippen LogP contribution in [0.3, 0.4) is 0 Å². The third-order valence-corrected chi connectivity index (χ3v) is 3.50. The van der Waals surface area contributed by atoms with E-state index in [0.29, 0.717) is 16.6 Å². The fourth-order valence-electron chi connectivity index (χ4n) is 2.45. The molecule has 2 heterocycles. The van der Waals surface area contributed by atoms with Crippen LogP contribution in [0.25, 0.3) is 10.9 Å². The molecule has 1 aliphatic heterocycles. The fraction of sp³-hybridized carbons (Fsp3) is 0.286. The third kappa shape index (κ3) is 2.07. The second kappa shape index (κ2) is 4.70. The van der Waals surface area contributed by atoms with E-state index in [-0.39, 0.29) is 18.7 Å².